The molecule has 21 heavy (non-hydrogen) atoms. The summed E-state index contributed by atoms with van der Waals surface area (Å²) >= 11 is 1.99. The molecule has 0 radical (unpaired) electrons. The first kappa shape index (κ1) is 13.5. The fourth-order valence-electron chi connectivity index (χ4n) is 3.87. The van der Waals surface area contributed by atoms with Gasteiger partial charge in [-0.25, -0.2) is 0 Å². The van der Waals surface area contributed by atoms with Crippen molar-refractivity contribution in [2.24, 2.45) is 5.73 Å². The second-order valence-corrected chi connectivity index (χ2v) is 7.77. The van der Waals surface area contributed by atoms with E-state index in [2.05, 4.69) is 30.3 Å². The van der Waals surface area contributed by atoms with E-state index >= 15 is 0 Å². The quantitative estimate of drug-likeness (QED) is 0.813. The van der Waals surface area contributed by atoms with Gasteiger partial charge in [0.15, 0.2) is 0 Å². The molecule has 2 aromatic rings. The van der Waals surface area contributed by atoms with Crippen LogP contribution in [0.4, 0.5) is 0 Å². The molecule has 0 amide bonds. The van der Waals surface area contributed by atoms with Gasteiger partial charge < -0.3 is 5.73 Å². The fraction of sp³-hybridized carbons (Fsp3) is 0.474. The van der Waals surface area contributed by atoms with Crippen LogP contribution in [0.15, 0.2) is 30.3 Å². The lowest BCUT2D eigenvalue weighted by atomic mass is 9.74. The molecule has 2 atom stereocenters. The Bertz CT molecular complexity index is 619. The first-order valence-electron chi connectivity index (χ1n) is 8.26. The second-order valence-electron chi connectivity index (χ2n) is 6.60. The lowest BCUT2D eigenvalue weighted by molar-refractivity contribution is 0.502. The highest BCUT2D eigenvalue weighted by molar-refractivity contribution is 7.12. The van der Waals surface area contributed by atoms with E-state index in [1.165, 1.54) is 54.5 Å². The minimum absolute atomic E-state index is 0.222. The third-order valence-electron chi connectivity index (χ3n) is 5.13. The molecule has 2 N–H and O–H groups in total. The van der Waals surface area contributed by atoms with Gasteiger partial charge in [0, 0.05) is 15.8 Å². The Balaban J connectivity index is 1.48. The van der Waals surface area contributed by atoms with E-state index in [-0.39, 0.29) is 6.04 Å². The second kappa shape index (κ2) is 5.58. The number of rotatable bonds is 3. The van der Waals surface area contributed by atoms with Crippen molar-refractivity contribution >= 4 is 11.3 Å². The van der Waals surface area contributed by atoms with Crippen LogP contribution in [-0.2, 0) is 19.3 Å². The van der Waals surface area contributed by atoms with Gasteiger partial charge >= 0.3 is 0 Å². The smallest absolute Gasteiger partial charge is 0.0395 e. The monoisotopic (exact) mass is 297 g/mol. The van der Waals surface area contributed by atoms with Crippen LogP contribution in [0.2, 0.25) is 0 Å². The largest absolute Gasteiger partial charge is 0.323 e. The van der Waals surface area contributed by atoms with Gasteiger partial charge in [0.2, 0.25) is 0 Å². The van der Waals surface area contributed by atoms with Gasteiger partial charge in [0.05, 0.1) is 0 Å². The maximum absolute atomic E-state index is 6.52. The Morgan fingerprint density at radius 2 is 1.95 bits per heavy atom. The lowest BCUT2D eigenvalue weighted by Crippen LogP contribution is -2.22. The highest BCUT2D eigenvalue weighted by atomic mass is 32.1. The van der Waals surface area contributed by atoms with Crippen LogP contribution in [0.5, 0.6) is 0 Å². The number of thiophene rings is 1. The topological polar surface area (TPSA) is 26.0 Å². The molecule has 0 aliphatic heterocycles. The third kappa shape index (κ3) is 2.56. The zero-order chi connectivity index (χ0) is 14.2. The zero-order valence-corrected chi connectivity index (χ0v) is 13.3. The maximum Gasteiger partial charge on any atom is 0.0395 e. The molecule has 4 rings (SSSR count). The van der Waals surface area contributed by atoms with Crippen molar-refractivity contribution in [3.8, 4) is 0 Å². The van der Waals surface area contributed by atoms with E-state index in [0.717, 1.165) is 6.42 Å². The molecule has 0 spiro atoms. The summed E-state index contributed by atoms with van der Waals surface area (Å²) in [7, 11) is 0. The van der Waals surface area contributed by atoms with Crippen molar-refractivity contribution in [1.29, 1.82) is 0 Å². The Kier molecular flexibility index (Phi) is 3.60. The summed E-state index contributed by atoms with van der Waals surface area (Å²) in [6.45, 7) is 0. The SMILES string of the molecule is NC(CC1Cc2ccccc21)c1cc2c(s1)CCCCC2. The molecule has 1 aromatic heterocycles. The van der Waals surface area contributed by atoms with E-state index < -0.39 is 0 Å². The van der Waals surface area contributed by atoms with E-state index in [1.807, 2.05) is 11.3 Å². The number of hydrogen-bond donors (Lipinski definition) is 1. The Labute approximate surface area is 131 Å². The highest BCUT2D eigenvalue weighted by Gasteiger charge is 2.28. The van der Waals surface area contributed by atoms with Crippen LogP contribution in [-0.4, -0.2) is 0 Å². The maximum atomic E-state index is 6.52. The summed E-state index contributed by atoms with van der Waals surface area (Å²) in [5, 5.41) is 0. The molecule has 0 fully saturated rings. The first-order chi connectivity index (χ1) is 10.3. The zero-order valence-electron chi connectivity index (χ0n) is 12.5. The molecule has 2 heteroatoms. The molecule has 2 aliphatic rings. The van der Waals surface area contributed by atoms with E-state index in [4.69, 9.17) is 5.73 Å². The first-order valence-corrected chi connectivity index (χ1v) is 9.08. The van der Waals surface area contributed by atoms with Gasteiger partial charge in [0.25, 0.3) is 0 Å². The van der Waals surface area contributed by atoms with Crippen molar-refractivity contribution in [3.05, 3.63) is 56.8 Å². The summed E-state index contributed by atoms with van der Waals surface area (Å²) in [6, 6.07) is 11.5. The summed E-state index contributed by atoms with van der Waals surface area (Å²) < 4.78 is 0. The summed E-state index contributed by atoms with van der Waals surface area (Å²) in [5.41, 5.74) is 11.2. The van der Waals surface area contributed by atoms with E-state index in [9.17, 15) is 0 Å². The van der Waals surface area contributed by atoms with Crippen LogP contribution in [0, 0.1) is 0 Å². The molecular formula is C19H23NS. The van der Waals surface area contributed by atoms with Gasteiger partial charge in [-0.05, 0) is 67.2 Å². The van der Waals surface area contributed by atoms with Crippen molar-refractivity contribution < 1.29 is 0 Å². The predicted molar refractivity (Wildman–Crippen MR) is 90.0 cm³/mol. The predicted octanol–water partition coefficient (Wildman–Crippen LogP) is 4.75. The fourth-order valence-corrected chi connectivity index (χ4v) is 5.14. The Hall–Kier alpha value is -1.12. The molecule has 0 bridgehead atoms. The third-order valence-corrected chi connectivity index (χ3v) is 6.50. The van der Waals surface area contributed by atoms with Crippen LogP contribution in [0.3, 0.4) is 0 Å². The average molecular weight is 297 g/mol. The lowest BCUT2D eigenvalue weighted by Gasteiger charge is -2.31. The molecule has 0 saturated carbocycles. The molecule has 110 valence electrons. The van der Waals surface area contributed by atoms with Crippen molar-refractivity contribution in [2.75, 3.05) is 0 Å². The number of nitrogens with two attached hydrogens (primary N) is 1. The van der Waals surface area contributed by atoms with E-state index in [1.54, 1.807) is 10.4 Å². The van der Waals surface area contributed by atoms with Crippen molar-refractivity contribution in [2.45, 2.75) is 56.9 Å². The number of fused-ring (bicyclic) bond motifs is 2. The van der Waals surface area contributed by atoms with Crippen molar-refractivity contribution in [3.63, 3.8) is 0 Å². The molecule has 2 aliphatic carbocycles. The van der Waals surface area contributed by atoms with Crippen LogP contribution >= 0.6 is 11.3 Å². The summed E-state index contributed by atoms with van der Waals surface area (Å²) in [5.74, 6) is 0.679. The van der Waals surface area contributed by atoms with Gasteiger partial charge in [0.1, 0.15) is 0 Å². The minimum atomic E-state index is 0.222. The number of hydrogen-bond acceptors (Lipinski definition) is 2. The Morgan fingerprint density at radius 1 is 1.10 bits per heavy atom. The molecule has 0 saturated heterocycles. The standard InChI is InChI=1S/C19H23NS/c20-17(11-15-10-13-6-4-5-8-16(13)15)19-12-14-7-2-1-3-9-18(14)21-19/h4-6,8,12,15,17H,1-3,7,9-11,20H2. The van der Waals surface area contributed by atoms with Crippen LogP contribution < -0.4 is 5.73 Å². The van der Waals surface area contributed by atoms with Crippen molar-refractivity contribution in [1.82, 2.24) is 0 Å². The molecular weight excluding hydrogens is 274 g/mol. The number of benzene rings is 1. The normalized spacial score (nSPS) is 21.9. The number of aryl methyl sites for hydroxylation is 2. The summed E-state index contributed by atoms with van der Waals surface area (Å²) in [6.07, 6.45) is 8.98. The average Bonchev–Trinajstić information content (AvgIpc) is 2.76. The molecule has 1 nitrogen and oxygen atoms in total. The van der Waals surface area contributed by atoms with Crippen LogP contribution in [0.25, 0.3) is 0 Å². The molecule has 2 unspecified atom stereocenters. The minimum Gasteiger partial charge on any atom is -0.323 e. The van der Waals surface area contributed by atoms with Crippen LogP contribution in [0.1, 0.15) is 64.1 Å². The van der Waals surface area contributed by atoms with Gasteiger partial charge in [-0.15, -0.1) is 11.3 Å². The Morgan fingerprint density at radius 3 is 2.86 bits per heavy atom. The highest BCUT2D eigenvalue weighted by Crippen LogP contribution is 2.41. The van der Waals surface area contributed by atoms with E-state index in [0.29, 0.717) is 5.92 Å². The van der Waals surface area contributed by atoms with Gasteiger partial charge in [-0.2, -0.15) is 0 Å². The molecule has 1 aromatic carbocycles. The van der Waals surface area contributed by atoms with Gasteiger partial charge in [-0.3, -0.25) is 0 Å². The van der Waals surface area contributed by atoms with Gasteiger partial charge in [-0.1, -0.05) is 30.7 Å². The summed E-state index contributed by atoms with van der Waals surface area (Å²) in [4.78, 5) is 3.04. The molecule has 1 heterocycles.